The minimum atomic E-state index is -0.353. The zero-order valence-corrected chi connectivity index (χ0v) is 15.2. The van der Waals surface area contributed by atoms with Crippen LogP contribution in [0.15, 0.2) is 27.2 Å². The van der Waals surface area contributed by atoms with Gasteiger partial charge in [-0.3, -0.25) is 4.90 Å². The number of rotatable bonds is 0. The first-order valence-corrected chi connectivity index (χ1v) is 8.53. The first-order valence-electron chi connectivity index (χ1n) is 6.94. The van der Waals surface area contributed by atoms with Gasteiger partial charge in [-0.15, -0.1) is 0 Å². The van der Waals surface area contributed by atoms with Crippen LogP contribution in [0, 0.1) is 5.41 Å². The summed E-state index contributed by atoms with van der Waals surface area (Å²) in [6, 6.07) is 4.14. The summed E-state index contributed by atoms with van der Waals surface area (Å²) in [6.07, 6.45) is 6.81. The van der Waals surface area contributed by atoms with E-state index in [2.05, 4.69) is 75.9 Å². The highest BCUT2D eigenvalue weighted by Gasteiger charge is 2.52. The molecule has 20 heavy (non-hydrogen) atoms. The molecule has 0 saturated carbocycles. The molecule has 0 aromatic heterocycles. The number of ether oxygens (including phenoxy) is 1. The van der Waals surface area contributed by atoms with Gasteiger partial charge in [-0.25, -0.2) is 0 Å². The van der Waals surface area contributed by atoms with Crippen molar-refractivity contribution in [3.05, 3.63) is 32.7 Å². The van der Waals surface area contributed by atoms with Gasteiger partial charge in [0.15, 0.2) is 5.72 Å². The number of halogens is 2. The Morgan fingerprint density at radius 3 is 2.70 bits per heavy atom. The molecule has 1 spiro atoms. The van der Waals surface area contributed by atoms with Crippen molar-refractivity contribution in [1.82, 2.24) is 4.90 Å². The van der Waals surface area contributed by atoms with Crippen LogP contribution in [0.3, 0.4) is 0 Å². The molecule has 2 heterocycles. The van der Waals surface area contributed by atoms with Crippen molar-refractivity contribution in [3.8, 4) is 5.75 Å². The average Bonchev–Trinajstić information content (AvgIpc) is 2.36. The van der Waals surface area contributed by atoms with Crippen molar-refractivity contribution < 1.29 is 4.74 Å². The van der Waals surface area contributed by atoms with Gasteiger partial charge in [0.2, 0.25) is 0 Å². The van der Waals surface area contributed by atoms with Gasteiger partial charge in [-0.2, -0.15) is 0 Å². The van der Waals surface area contributed by atoms with Gasteiger partial charge in [-0.1, -0.05) is 29.8 Å². The Balaban J connectivity index is 2.11. The summed E-state index contributed by atoms with van der Waals surface area (Å²) in [4.78, 5) is 2.34. The predicted octanol–water partition coefficient (Wildman–Crippen LogP) is 5.07. The van der Waals surface area contributed by atoms with Crippen LogP contribution in [0.25, 0.3) is 6.08 Å². The molecular weight excluding hydrogens is 382 g/mol. The Morgan fingerprint density at radius 1 is 1.25 bits per heavy atom. The van der Waals surface area contributed by atoms with E-state index < -0.39 is 0 Å². The van der Waals surface area contributed by atoms with E-state index in [1.54, 1.807) is 0 Å². The molecule has 0 amide bonds. The number of hydrogen-bond acceptors (Lipinski definition) is 2. The highest BCUT2D eigenvalue weighted by Crippen LogP contribution is 2.50. The fourth-order valence-electron chi connectivity index (χ4n) is 3.39. The molecule has 4 heteroatoms. The summed E-state index contributed by atoms with van der Waals surface area (Å²) in [5.74, 6) is 0.942. The van der Waals surface area contributed by atoms with Gasteiger partial charge in [0, 0.05) is 22.0 Å². The second kappa shape index (κ2) is 4.85. The van der Waals surface area contributed by atoms with Crippen molar-refractivity contribution in [3.63, 3.8) is 0 Å². The molecule has 0 radical (unpaired) electrons. The second-order valence-corrected chi connectivity index (χ2v) is 8.12. The Labute approximate surface area is 137 Å². The van der Waals surface area contributed by atoms with E-state index in [1.165, 1.54) is 12.8 Å². The topological polar surface area (TPSA) is 12.5 Å². The molecule has 2 aliphatic rings. The molecule has 1 unspecified atom stereocenters. The van der Waals surface area contributed by atoms with Crippen molar-refractivity contribution in [2.45, 2.75) is 32.4 Å². The van der Waals surface area contributed by atoms with Gasteiger partial charge in [0.05, 0.1) is 4.47 Å². The fraction of sp³-hybridized carbons (Fsp3) is 0.500. The molecule has 2 nitrogen and oxygen atoms in total. The third-order valence-electron chi connectivity index (χ3n) is 4.62. The second-order valence-electron chi connectivity index (χ2n) is 6.35. The molecule has 1 saturated heterocycles. The first-order chi connectivity index (χ1) is 9.36. The van der Waals surface area contributed by atoms with E-state index in [4.69, 9.17) is 4.74 Å². The fourth-order valence-corrected chi connectivity index (χ4v) is 4.73. The van der Waals surface area contributed by atoms with E-state index in [9.17, 15) is 0 Å². The summed E-state index contributed by atoms with van der Waals surface area (Å²) in [5.41, 5.74) is 0.849. The summed E-state index contributed by atoms with van der Waals surface area (Å²) in [7, 11) is 2.16. The lowest BCUT2D eigenvalue weighted by Gasteiger charge is -2.54. The molecule has 108 valence electrons. The van der Waals surface area contributed by atoms with Crippen molar-refractivity contribution in [2.24, 2.45) is 5.41 Å². The summed E-state index contributed by atoms with van der Waals surface area (Å²) < 4.78 is 8.60. The minimum Gasteiger partial charge on any atom is -0.467 e. The smallest absolute Gasteiger partial charge is 0.187 e. The molecule has 2 aliphatic heterocycles. The molecule has 1 aromatic rings. The Bertz CT molecular complexity index is 582. The third-order valence-corrected chi connectivity index (χ3v) is 5.66. The van der Waals surface area contributed by atoms with E-state index in [-0.39, 0.29) is 11.1 Å². The van der Waals surface area contributed by atoms with Gasteiger partial charge in [-0.05, 0) is 60.1 Å². The number of likely N-dealkylation sites (tertiary alicyclic amines) is 1. The van der Waals surface area contributed by atoms with Crippen molar-refractivity contribution in [2.75, 3.05) is 13.6 Å². The molecule has 0 N–H and O–H groups in total. The van der Waals surface area contributed by atoms with E-state index in [0.29, 0.717) is 0 Å². The lowest BCUT2D eigenvalue weighted by molar-refractivity contribution is -0.142. The van der Waals surface area contributed by atoms with Gasteiger partial charge >= 0.3 is 0 Å². The van der Waals surface area contributed by atoms with Crippen LogP contribution < -0.4 is 4.74 Å². The van der Waals surface area contributed by atoms with E-state index in [0.717, 1.165) is 26.8 Å². The molecular formula is C16H19Br2NO. The van der Waals surface area contributed by atoms with Gasteiger partial charge < -0.3 is 4.74 Å². The standard InChI is InChI=1S/C16H19Br2NO/c1-15(2)6-4-8-19(3)16(15)7-5-11-9-12(17)10-13(18)14(11)20-16/h5,7,9-10H,4,6,8H2,1-3H3. The van der Waals surface area contributed by atoms with Crippen molar-refractivity contribution >= 4 is 37.9 Å². The van der Waals surface area contributed by atoms with Crippen LogP contribution >= 0.6 is 31.9 Å². The highest BCUT2D eigenvalue weighted by atomic mass is 79.9. The van der Waals surface area contributed by atoms with Crippen LogP contribution in [0.4, 0.5) is 0 Å². The van der Waals surface area contributed by atoms with Crippen LogP contribution in [0.5, 0.6) is 5.75 Å². The molecule has 1 aromatic carbocycles. The van der Waals surface area contributed by atoms with Gasteiger partial charge in [0.25, 0.3) is 0 Å². The maximum absolute atomic E-state index is 6.55. The molecule has 0 bridgehead atoms. The third kappa shape index (κ3) is 2.08. The number of benzene rings is 1. The summed E-state index contributed by atoms with van der Waals surface area (Å²) in [6.45, 7) is 5.66. The monoisotopic (exact) mass is 399 g/mol. The van der Waals surface area contributed by atoms with Crippen LogP contribution in [-0.4, -0.2) is 24.2 Å². The number of hydrogen-bond donors (Lipinski definition) is 0. The average molecular weight is 401 g/mol. The SMILES string of the molecule is CN1CCCC(C)(C)C12C=Cc1cc(Br)cc(Br)c1O2. The molecule has 3 rings (SSSR count). The number of likely N-dealkylation sites (N-methyl/N-ethyl adjacent to an activating group) is 1. The normalized spacial score (nSPS) is 28.2. The molecule has 1 atom stereocenters. The molecule has 1 fully saturated rings. The maximum Gasteiger partial charge on any atom is 0.187 e. The van der Waals surface area contributed by atoms with Crippen molar-refractivity contribution in [1.29, 1.82) is 0 Å². The number of fused-ring (bicyclic) bond motifs is 1. The van der Waals surface area contributed by atoms with Crippen LogP contribution in [-0.2, 0) is 0 Å². The summed E-state index contributed by atoms with van der Waals surface area (Å²) >= 11 is 7.17. The number of piperidine rings is 1. The lowest BCUT2D eigenvalue weighted by Crippen LogP contribution is -2.63. The maximum atomic E-state index is 6.55. The lowest BCUT2D eigenvalue weighted by atomic mass is 9.72. The minimum absolute atomic E-state index is 0.0840. The Hall–Kier alpha value is -0.320. The van der Waals surface area contributed by atoms with Crippen LogP contribution in [0.2, 0.25) is 0 Å². The highest BCUT2D eigenvalue weighted by molar-refractivity contribution is 9.11. The first kappa shape index (κ1) is 14.6. The Kier molecular flexibility index (Phi) is 3.55. The van der Waals surface area contributed by atoms with E-state index in [1.807, 2.05) is 6.07 Å². The zero-order valence-electron chi connectivity index (χ0n) is 12.0. The van der Waals surface area contributed by atoms with E-state index >= 15 is 0 Å². The number of nitrogens with zero attached hydrogens (tertiary/aromatic N) is 1. The van der Waals surface area contributed by atoms with Gasteiger partial charge in [0.1, 0.15) is 5.75 Å². The Morgan fingerprint density at radius 2 is 2.00 bits per heavy atom. The largest absolute Gasteiger partial charge is 0.467 e. The predicted molar refractivity (Wildman–Crippen MR) is 89.9 cm³/mol. The quantitative estimate of drug-likeness (QED) is 0.603. The summed E-state index contributed by atoms with van der Waals surface area (Å²) in [5, 5.41) is 0. The molecule has 0 aliphatic carbocycles. The zero-order chi connectivity index (χ0) is 14.5. The van der Waals surface area contributed by atoms with Crippen LogP contribution in [0.1, 0.15) is 32.3 Å².